The Labute approximate surface area is 147 Å². The summed E-state index contributed by atoms with van der Waals surface area (Å²) in [6, 6.07) is 16.4. The molecule has 0 saturated heterocycles. The van der Waals surface area contributed by atoms with Crippen LogP contribution in [0.1, 0.15) is 36.5 Å². The molecule has 0 aromatic heterocycles. The lowest BCUT2D eigenvalue weighted by molar-refractivity contribution is -0.129. The average Bonchev–Trinajstić information content (AvgIpc) is 2.58. The average molecular weight is 348 g/mol. The van der Waals surface area contributed by atoms with Crippen LogP contribution in [0.4, 0.5) is 0 Å². The molecule has 128 valence electrons. The van der Waals surface area contributed by atoms with Gasteiger partial charge in [0.25, 0.3) is 5.91 Å². The predicted molar refractivity (Wildman–Crippen MR) is 94.9 cm³/mol. The summed E-state index contributed by atoms with van der Waals surface area (Å²) in [7, 11) is 0. The van der Waals surface area contributed by atoms with Gasteiger partial charge in [-0.05, 0) is 25.0 Å². The Hall–Kier alpha value is -1.88. The summed E-state index contributed by atoms with van der Waals surface area (Å²) in [5.74, 6) is -0.539. The second-order valence-corrected chi connectivity index (χ2v) is 6.27. The zero-order chi connectivity index (χ0) is 17.5. The Morgan fingerprint density at radius 1 is 1.08 bits per heavy atom. The summed E-state index contributed by atoms with van der Waals surface area (Å²) < 4.78 is 0. The fourth-order valence-corrected chi connectivity index (χ4v) is 2.87. The minimum Gasteiger partial charge on any atom is -0.393 e. The van der Waals surface area contributed by atoms with Crippen molar-refractivity contribution in [2.75, 3.05) is 6.54 Å². The maximum absolute atomic E-state index is 12.2. The van der Waals surface area contributed by atoms with E-state index < -0.39 is 18.1 Å². The molecule has 0 fully saturated rings. The van der Waals surface area contributed by atoms with Crippen LogP contribution in [-0.2, 0) is 4.79 Å². The molecule has 3 atom stereocenters. The van der Waals surface area contributed by atoms with E-state index >= 15 is 0 Å². The lowest BCUT2D eigenvalue weighted by Crippen LogP contribution is -2.33. The minimum absolute atomic E-state index is 0.0337. The second-order valence-electron chi connectivity index (χ2n) is 5.86. The molecule has 4 nitrogen and oxygen atoms in total. The number of rotatable bonds is 7. The molecular weight excluding hydrogens is 326 g/mol. The van der Waals surface area contributed by atoms with E-state index in [-0.39, 0.29) is 5.92 Å². The Balaban J connectivity index is 2.03. The summed E-state index contributed by atoms with van der Waals surface area (Å²) in [4.78, 5) is 12.2. The zero-order valence-electron chi connectivity index (χ0n) is 13.5. The Bertz CT molecular complexity index is 661. The highest BCUT2D eigenvalue weighted by atomic mass is 35.5. The number of aliphatic hydroxyl groups excluding tert-OH is 2. The van der Waals surface area contributed by atoms with Crippen molar-refractivity contribution in [1.82, 2.24) is 5.32 Å². The molecular formula is C19H22ClNO3. The predicted octanol–water partition coefficient (Wildman–Crippen LogP) is 3.04. The molecule has 1 amide bonds. The summed E-state index contributed by atoms with van der Waals surface area (Å²) in [6.07, 6.45) is -1.28. The van der Waals surface area contributed by atoms with Crippen molar-refractivity contribution in [2.45, 2.75) is 31.5 Å². The van der Waals surface area contributed by atoms with E-state index in [1.54, 1.807) is 31.2 Å². The van der Waals surface area contributed by atoms with Crippen LogP contribution in [-0.4, -0.2) is 28.8 Å². The topological polar surface area (TPSA) is 69.6 Å². The second kappa shape index (κ2) is 8.83. The maximum atomic E-state index is 12.2. The van der Waals surface area contributed by atoms with Gasteiger partial charge in [0.05, 0.1) is 6.10 Å². The Morgan fingerprint density at radius 3 is 2.33 bits per heavy atom. The van der Waals surface area contributed by atoms with Crippen LogP contribution in [0.3, 0.4) is 0 Å². The summed E-state index contributed by atoms with van der Waals surface area (Å²) in [5.41, 5.74) is 1.41. The van der Waals surface area contributed by atoms with Gasteiger partial charge < -0.3 is 15.5 Å². The van der Waals surface area contributed by atoms with Crippen LogP contribution in [0.2, 0.25) is 5.02 Å². The first-order chi connectivity index (χ1) is 11.5. The zero-order valence-corrected chi connectivity index (χ0v) is 14.3. The number of carbonyl (C=O) groups is 1. The van der Waals surface area contributed by atoms with Gasteiger partial charge in [-0.3, -0.25) is 4.79 Å². The molecule has 2 aromatic carbocycles. The van der Waals surface area contributed by atoms with Gasteiger partial charge in [-0.15, -0.1) is 0 Å². The van der Waals surface area contributed by atoms with Crippen molar-refractivity contribution in [2.24, 2.45) is 0 Å². The van der Waals surface area contributed by atoms with Gasteiger partial charge >= 0.3 is 0 Å². The number of carbonyl (C=O) groups excluding carboxylic acids is 1. The third-order valence-electron chi connectivity index (χ3n) is 3.87. The van der Waals surface area contributed by atoms with Gasteiger partial charge in [0.15, 0.2) is 6.10 Å². The highest BCUT2D eigenvalue weighted by Crippen LogP contribution is 2.24. The van der Waals surface area contributed by atoms with Crippen molar-refractivity contribution in [3.63, 3.8) is 0 Å². The Morgan fingerprint density at radius 2 is 1.71 bits per heavy atom. The molecule has 24 heavy (non-hydrogen) atoms. The summed E-state index contributed by atoms with van der Waals surface area (Å²) in [5, 5.41) is 23.0. The number of hydrogen-bond donors (Lipinski definition) is 3. The minimum atomic E-state index is -1.32. The summed E-state index contributed by atoms with van der Waals surface area (Å²) in [6.45, 7) is 2.05. The highest BCUT2D eigenvalue weighted by molar-refractivity contribution is 6.31. The first-order valence-corrected chi connectivity index (χ1v) is 8.30. The van der Waals surface area contributed by atoms with Crippen LogP contribution in [0.15, 0.2) is 54.6 Å². The quantitative estimate of drug-likeness (QED) is 0.721. The van der Waals surface area contributed by atoms with Gasteiger partial charge in [-0.2, -0.15) is 0 Å². The molecule has 0 bridgehead atoms. The third kappa shape index (κ3) is 5.06. The highest BCUT2D eigenvalue weighted by Gasteiger charge is 2.21. The van der Waals surface area contributed by atoms with Gasteiger partial charge in [0, 0.05) is 23.0 Å². The van der Waals surface area contributed by atoms with Crippen LogP contribution in [0.5, 0.6) is 0 Å². The maximum Gasteiger partial charge on any atom is 0.253 e. The number of nitrogens with one attached hydrogen (secondary N) is 1. The molecule has 2 aromatic rings. The number of amides is 1. The lowest BCUT2D eigenvalue weighted by Gasteiger charge is -2.21. The van der Waals surface area contributed by atoms with Crippen LogP contribution < -0.4 is 5.32 Å². The van der Waals surface area contributed by atoms with Gasteiger partial charge in [-0.25, -0.2) is 0 Å². The largest absolute Gasteiger partial charge is 0.393 e. The van der Waals surface area contributed by atoms with Crippen molar-refractivity contribution < 1.29 is 15.0 Å². The molecule has 0 saturated carbocycles. The SMILES string of the molecule is CC(O)CC(CNC(=O)[C@H](O)c1ccccc1Cl)c1ccccc1. The van der Waals surface area contributed by atoms with Crippen LogP contribution in [0, 0.1) is 0 Å². The summed E-state index contributed by atoms with van der Waals surface area (Å²) >= 11 is 6.02. The number of halogens is 1. The van der Waals surface area contributed by atoms with Crippen LogP contribution >= 0.6 is 11.6 Å². The molecule has 0 aliphatic heterocycles. The van der Waals surface area contributed by atoms with E-state index in [4.69, 9.17) is 11.6 Å². The van der Waals surface area contributed by atoms with Gasteiger partial charge in [0.2, 0.25) is 0 Å². The van der Waals surface area contributed by atoms with Crippen molar-refractivity contribution in [3.05, 3.63) is 70.7 Å². The van der Waals surface area contributed by atoms with E-state index in [1.165, 1.54) is 0 Å². The molecule has 2 unspecified atom stereocenters. The molecule has 2 rings (SSSR count). The normalized spacial score (nSPS) is 14.7. The van der Waals surface area contributed by atoms with E-state index in [0.717, 1.165) is 5.56 Å². The smallest absolute Gasteiger partial charge is 0.253 e. The van der Waals surface area contributed by atoms with Gasteiger partial charge in [0.1, 0.15) is 0 Å². The van der Waals surface area contributed by atoms with E-state index in [0.29, 0.717) is 23.6 Å². The molecule has 3 N–H and O–H groups in total. The molecule has 0 aliphatic rings. The first-order valence-electron chi connectivity index (χ1n) is 7.92. The number of aliphatic hydroxyl groups is 2. The van der Waals surface area contributed by atoms with Crippen LogP contribution in [0.25, 0.3) is 0 Å². The van der Waals surface area contributed by atoms with Crippen molar-refractivity contribution >= 4 is 17.5 Å². The Kier molecular flexibility index (Phi) is 6.79. The molecule has 0 spiro atoms. The molecule has 0 heterocycles. The van der Waals surface area contributed by atoms with E-state index in [2.05, 4.69) is 5.32 Å². The van der Waals surface area contributed by atoms with Crippen molar-refractivity contribution in [1.29, 1.82) is 0 Å². The molecule has 5 heteroatoms. The fraction of sp³-hybridized carbons (Fsp3) is 0.316. The molecule has 0 radical (unpaired) electrons. The van der Waals surface area contributed by atoms with Crippen molar-refractivity contribution in [3.8, 4) is 0 Å². The van der Waals surface area contributed by atoms with E-state index in [9.17, 15) is 15.0 Å². The number of benzene rings is 2. The monoisotopic (exact) mass is 347 g/mol. The third-order valence-corrected chi connectivity index (χ3v) is 4.21. The number of hydrogen-bond acceptors (Lipinski definition) is 3. The standard InChI is InChI=1S/C19H22ClNO3/c1-13(22)11-15(14-7-3-2-4-8-14)12-21-19(24)18(23)16-9-5-6-10-17(16)20/h2-10,13,15,18,22-23H,11-12H2,1H3,(H,21,24)/t13?,15?,18-/m1/s1. The lowest BCUT2D eigenvalue weighted by atomic mass is 9.93. The fourth-order valence-electron chi connectivity index (χ4n) is 2.63. The van der Waals surface area contributed by atoms with E-state index in [1.807, 2.05) is 30.3 Å². The van der Waals surface area contributed by atoms with Gasteiger partial charge in [-0.1, -0.05) is 60.1 Å². The molecule has 0 aliphatic carbocycles. The first kappa shape index (κ1) is 18.5.